The monoisotopic (exact) mass is 290 g/mol. The van der Waals surface area contributed by atoms with Crippen LogP contribution in [0, 0.1) is 5.92 Å². The molecule has 1 saturated carbocycles. The first kappa shape index (κ1) is 15.1. The van der Waals surface area contributed by atoms with Crippen LogP contribution in [-0.2, 0) is 13.1 Å². The first-order chi connectivity index (χ1) is 10.4. The summed E-state index contributed by atoms with van der Waals surface area (Å²) >= 11 is 0. The lowest BCUT2D eigenvalue weighted by molar-refractivity contribution is 0.0495. The highest BCUT2D eigenvalue weighted by molar-refractivity contribution is 5.13. The zero-order valence-corrected chi connectivity index (χ0v) is 13.4. The summed E-state index contributed by atoms with van der Waals surface area (Å²) in [5.74, 6) is 2.10. The second-order valence-corrected chi connectivity index (χ2v) is 6.82. The molecular weight excluding hydrogens is 260 g/mol. The van der Waals surface area contributed by atoms with Crippen LogP contribution >= 0.6 is 0 Å². The highest BCUT2D eigenvalue weighted by Gasteiger charge is 2.33. The highest BCUT2D eigenvalue weighted by atomic mass is 16.3. The van der Waals surface area contributed by atoms with Gasteiger partial charge in [-0.05, 0) is 57.2 Å². The molecule has 2 fully saturated rings. The maximum Gasteiger partial charge on any atom is 0.118 e. The molecule has 0 aromatic carbocycles. The molecule has 1 N–H and O–H groups in total. The number of hydrogen-bond donors (Lipinski definition) is 1. The molecule has 3 heteroatoms. The van der Waals surface area contributed by atoms with Gasteiger partial charge < -0.3 is 9.73 Å². The molecule has 0 spiro atoms. The topological polar surface area (TPSA) is 28.4 Å². The van der Waals surface area contributed by atoms with Crippen LogP contribution in [0.3, 0.4) is 0 Å². The normalized spacial score (nSPS) is 26.7. The van der Waals surface area contributed by atoms with E-state index in [1.54, 1.807) is 0 Å². The van der Waals surface area contributed by atoms with Gasteiger partial charge in [0.2, 0.25) is 0 Å². The van der Waals surface area contributed by atoms with Gasteiger partial charge in [0.1, 0.15) is 5.76 Å². The Morgan fingerprint density at radius 1 is 1.24 bits per heavy atom. The van der Waals surface area contributed by atoms with Crippen molar-refractivity contribution in [3.05, 3.63) is 23.7 Å². The molecular formula is C18H30N2O. The molecule has 118 valence electrons. The highest BCUT2D eigenvalue weighted by Crippen LogP contribution is 2.36. The maximum atomic E-state index is 5.80. The molecule has 1 aliphatic heterocycles. The summed E-state index contributed by atoms with van der Waals surface area (Å²) in [7, 11) is 0. The predicted molar refractivity (Wildman–Crippen MR) is 86.1 cm³/mol. The van der Waals surface area contributed by atoms with Gasteiger partial charge in [-0.25, -0.2) is 0 Å². The van der Waals surface area contributed by atoms with Crippen molar-refractivity contribution in [2.75, 3.05) is 13.1 Å². The zero-order valence-electron chi connectivity index (χ0n) is 13.4. The van der Waals surface area contributed by atoms with Gasteiger partial charge in [-0.15, -0.1) is 0 Å². The van der Waals surface area contributed by atoms with Crippen molar-refractivity contribution in [2.45, 2.75) is 71.0 Å². The van der Waals surface area contributed by atoms with E-state index in [2.05, 4.69) is 23.2 Å². The number of likely N-dealkylation sites (tertiary alicyclic amines) is 1. The van der Waals surface area contributed by atoms with Crippen molar-refractivity contribution >= 4 is 0 Å². The summed E-state index contributed by atoms with van der Waals surface area (Å²) in [6.07, 6.45) is 11.6. The molecule has 0 amide bonds. The summed E-state index contributed by atoms with van der Waals surface area (Å²) in [6.45, 7) is 6.48. The van der Waals surface area contributed by atoms with E-state index in [1.165, 1.54) is 57.1 Å². The average Bonchev–Trinajstić information content (AvgIpc) is 2.96. The van der Waals surface area contributed by atoms with Gasteiger partial charge in [-0.2, -0.15) is 0 Å². The molecule has 0 unspecified atom stereocenters. The van der Waals surface area contributed by atoms with Crippen LogP contribution in [0.4, 0.5) is 0 Å². The van der Waals surface area contributed by atoms with E-state index in [0.29, 0.717) is 0 Å². The fourth-order valence-electron chi connectivity index (χ4n) is 4.14. The maximum absolute atomic E-state index is 5.80. The molecule has 2 heterocycles. The number of hydrogen-bond acceptors (Lipinski definition) is 3. The van der Waals surface area contributed by atoms with Crippen LogP contribution < -0.4 is 5.32 Å². The summed E-state index contributed by atoms with van der Waals surface area (Å²) in [5, 5.41) is 3.44. The summed E-state index contributed by atoms with van der Waals surface area (Å²) < 4.78 is 5.80. The average molecular weight is 290 g/mol. The lowest BCUT2D eigenvalue weighted by Crippen LogP contribution is -2.46. The minimum atomic E-state index is 0.819. The minimum absolute atomic E-state index is 0.819. The van der Waals surface area contributed by atoms with Crippen molar-refractivity contribution in [2.24, 2.45) is 5.92 Å². The Hall–Kier alpha value is -0.800. The summed E-state index contributed by atoms with van der Waals surface area (Å²) in [6, 6.07) is 3.06. The predicted octanol–water partition coefficient (Wildman–Crippen LogP) is 3.93. The second-order valence-electron chi connectivity index (χ2n) is 6.82. The second kappa shape index (κ2) is 7.46. The molecule has 1 saturated heterocycles. The quantitative estimate of drug-likeness (QED) is 0.805. The van der Waals surface area contributed by atoms with Gasteiger partial charge in [-0.1, -0.05) is 19.8 Å². The van der Waals surface area contributed by atoms with Crippen LogP contribution in [0.2, 0.25) is 0 Å². The number of fused-ring (bicyclic) bond motifs is 1. The molecule has 1 aliphatic carbocycles. The standard InChI is InChI=1S/C18H30N2O/c1-2-9-19-12-15-11-17(21-14-15)13-20-10-5-7-16-6-3-4-8-18(16)20/h11,14,16,18-19H,2-10,12-13H2,1H3/t16-,18-/m1/s1. The van der Waals surface area contributed by atoms with Gasteiger partial charge >= 0.3 is 0 Å². The number of nitrogens with zero attached hydrogens (tertiary/aromatic N) is 1. The minimum Gasteiger partial charge on any atom is -0.468 e. The van der Waals surface area contributed by atoms with Crippen LogP contribution in [-0.4, -0.2) is 24.0 Å². The van der Waals surface area contributed by atoms with E-state index >= 15 is 0 Å². The number of furan rings is 1. The van der Waals surface area contributed by atoms with E-state index in [1.807, 2.05) is 6.26 Å². The summed E-state index contributed by atoms with van der Waals surface area (Å²) in [5.41, 5.74) is 1.29. The molecule has 1 aromatic rings. The first-order valence-corrected chi connectivity index (χ1v) is 8.88. The fourth-order valence-corrected chi connectivity index (χ4v) is 4.14. The molecule has 0 radical (unpaired) electrons. The van der Waals surface area contributed by atoms with Gasteiger partial charge in [0.25, 0.3) is 0 Å². The van der Waals surface area contributed by atoms with Crippen LogP contribution in [0.1, 0.15) is 63.2 Å². The molecule has 2 atom stereocenters. The van der Waals surface area contributed by atoms with Crippen molar-refractivity contribution in [3.63, 3.8) is 0 Å². The van der Waals surface area contributed by atoms with Crippen molar-refractivity contribution in [1.29, 1.82) is 0 Å². The van der Waals surface area contributed by atoms with E-state index in [-0.39, 0.29) is 0 Å². The molecule has 0 bridgehead atoms. The van der Waals surface area contributed by atoms with Crippen LogP contribution in [0.5, 0.6) is 0 Å². The largest absolute Gasteiger partial charge is 0.468 e. The van der Waals surface area contributed by atoms with Crippen LogP contribution in [0.25, 0.3) is 0 Å². The first-order valence-electron chi connectivity index (χ1n) is 8.88. The third kappa shape index (κ3) is 3.89. The van der Waals surface area contributed by atoms with Gasteiger partial charge in [0.05, 0.1) is 12.8 Å². The Labute approximate surface area is 129 Å². The van der Waals surface area contributed by atoms with Crippen LogP contribution in [0.15, 0.2) is 16.7 Å². The fraction of sp³-hybridized carbons (Fsp3) is 0.778. The van der Waals surface area contributed by atoms with E-state index in [4.69, 9.17) is 4.42 Å². The number of rotatable bonds is 6. The van der Waals surface area contributed by atoms with Gasteiger partial charge in [0, 0.05) is 18.2 Å². The zero-order chi connectivity index (χ0) is 14.5. The lowest BCUT2D eigenvalue weighted by Gasteiger charge is -2.43. The summed E-state index contributed by atoms with van der Waals surface area (Å²) in [4.78, 5) is 2.69. The lowest BCUT2D eigenvalue weighted by atomic mass is 9.78. The Balaban J connectivity index is 1.55. The van der Waals surface area contributed by atoms with E-state index < -0.39 is 0 Å². The van der Waals surface area contributed by atoms with Gasteiger partial charge in [0.15, 0.2) is 0 Å². The van der Waals surface area contributed by atoms with Crippen molar-refractivity contribution in [3.8, 4) is 0 Å². The Bertz CT molecular complexity index is 427. The Morgan fingerprint density at radius 2 is 2.10 bits per heavy atom. The molecule has 1 aromatic heterocycles. The number of piperidine rings is 1. The van der Waals surface area contributed by atoms with Gasteiger partial charge in [-0.3, -0.25) is 4.90 Å². The molecule has 3 nitrogen and oxygen atoms in total. The van der Waals surface area contributed by atoms with Crippen molar-refractivity contribution < 1.29 is 4.42 Å². The molecule has 3 rings (SSSR count). The van der Waals surface area contributed by atoms with E-state index in [0.717, 1.165) is 37.4 Å². The Kier molecular flexibility index (Phi) is 5.37. The smallest absolute Gasteiger partial charge is 0.118 e. The SMILES string of the molecule is CCCNCc1coc(CN2CCC[C@H]3CCCC[C@H]32)c1. The van der Waals surface area contributed by atoms with Crippen molar-refractivity contribution in [1.82, 2.24) is 10.2 Å². The molecule has 2 aliphatic rings. The number of nitrogens with one attached hydrogen (secondary N) is 1. The third-order valence-electron chi connectivity index (χ3n) is 5.18. The third-order valence-corrected chi connectivity index (χ3v) is 5.18. The van der Waals surface area contributed by atoms with E-state index in [9.17, 15) is 0 Å². The molecule has 21 heavy (non-hydrogen) atoms. The Morgan fingerprint density at radius 3 is 3.00 bits per heavy atom.